The average Bonchev–Trinajstić information content (AvgIpc) is 2.93. The molecule has 0 radical (unpaired) electrons. The highest BCUT2D eigenvalue weighted by atomic mass is 16.5. The molecule has 4 N–H and O–H groups in total. The van der Waals surface area contributed by atoms with Crippen molar-refractivity contribution in [3.63, 3.8) is 0 Å². The topological polar surface area (TPSA) is 217 Å². The quantitative estimate of drug-likeness (QED) is 0.117. The lowest BCUT2D eigenvalue weighted by Crippen LogP contribution is -2.21. The van der Waals surface area contributed by atoms with Gasteiger partial charge < -0.3 is 30.3 Å². The second-order valence-electron chi connectivity index (χ2n) is 7.25. The van der Waals surface area contributed by atoms with E-state index in [-0.39, 0.29) is 34.0 Å². The number of carbonyl (C=O) groups excluding carboxylic acids is 6. The average molecular weight is 553 g/mol. The summed E-state index contributed by atoms with van der Waals surface area (Å²) in [6.07, 6.45) is 2.55. The van der Waals surface area contributed by atoms with E-state index >= 15 is 0 Å². The van der Waals surface area contributed by atoms with Crippen LogP contribution in [0.15, 0.2) is 47.6 Å². The lowest BCUT2D eigenvalue weighted by molar-refractivity contribution is -0.111. The Bertz CT molecular complexity index is 1300. The summed E-state index contributed by atoms with van der Waals surface area (Å²) >= 11 is 0. The highest BCUT2D eigenvalue weighted by molar-refractivity contribution is 6.42. The largest absolute Gasteiger partial charge is 0.465 e. The number of ether oxygens (including phenoxy) is 2. The van der Waals surface area contributed by atoms with Crippen LogP contribution in [0, 0.1) is 16.9 Å². The molecule has 0 heterocycles. The van der Waals surface area contributed by atoms with Crippen molar-refractivity contribution >= 4 is 64.8 Å². The minimum Gasteiger partial charge on any atom is -0.465 e. The molecule has 0 fully saturated rings. The minimum atomic E-state index is -0.923. The van der Waals surface area contributed by atoms with Gasteiger partial charge in [0.1, 0.15) is 12.0 Å². The van der Waals surface area contributed by atoms with E-state index in [1.54, 1.807) is 24.3 Å². The first kappa shape index (κ1) is 34.3. The Morgan fingerprint density at radius 1 is 0.975 bits per heavy atom. The van der Waals surface area contributed by atoms with Crippen molar-refractivity contribution in [3.8, 4) is 6.26 Å². The molecule has 0 atom stereocenters. The van der Waals surface area contributed by atoms with Crippen LogP contribution in [0.1, 0.15) is 48.4 Å². The van der Waals surface area contributed by atoms with Crippen LogP contribution in [-0.4, -0.2) is 54.9 Å². The van der Waals surface area contributed by atoms with Gasteiger partial charge in [-0.25, -0.2) is 9.59 Å². The van der Waals surface area contributed by atoms with Crippen LogP contribution >= 0.6 is 0 Å². The third kappa shape index (κ3) is 12.5. The van der Waals surface area contributed by atoms with E-state index in [9.17, 15) is 24.0 Å². The van der Waals surface area contributed by atoms with Crippen molar-refractivity contribution in [2.75, 3.05) is 23.2 Å². The van der Waals surface area contributed by atoms with Crippen molar-refractivity contribution in [2.24, 2.45) is 5.10 Å². The van der Waals surface area contributed by atoms with Crippen molar-refractivity contribution in [1.82, 2.24) is 0 Å². The zero-order valence-corrected chi connectivity index (χ0v) is 22.4. The van der Waals surface area contributed by atoms with Crippen LogP contribution in [0.4, 0.5) is 17.1 Å². The zero-order valence-electron chi connectivity index (χ0n) is 22.4. The normalized spacial score (nSPS) is 9.45. The SMILES string of the molecule is CC(=N)C(C)=O.CC=O.COC(=O)c1ccc(C(=O)OC#N)cc1N/N=C(/C)C(=O)Nc1ccc(NC=O)cc1. The summed E-state index contributed by atoms with van der Waals surface area (Å²) in [6, 6.07) is 10.2. The highest BCUT2D eigenvalue weighted by Gasteiger charge is 2.17. The molecule has 210 valence electrons. The summed E-state index contributed by atoms with van der Waals surface area (Å²) in [5.41, 5.74) is 3.80. The number of nitrogens with one attached hydrogen (secondary N) is 4. The fraction of sp³-hybridized carbons (Fsp3) is 0.192. The van der Waals surface area contributed by atoms with Crippen LogP contribution in [0.3, 0.4) is 0 Å². The van der Waals surface area contributed by atoms with Crippen molar-refractivity contribution in [2.45, 2.75) is 27.7 Å². The molecule has 0 aliphatic rings. The van der Waals surface area contributed by atoms with Gasteiger partial charge in [0.2, 0.25) is 6.41 Å². The van der Waals surface area contributed by atoms with Gasteiger partial charge in [-0.1, -0.05) is 0 Å². The van der Waals surface area contributed by atoms with Crippen molar-refractivity contribution in [3.05, 3.63) is 53.6 Å². The number of amides is 2. The summed E-state index contributed by atoms with van der Waals surface area (Å²) in [5.74, 6) is -2.32. The fourth-order valence-electron chi connectivity index (χ4n) is 2.29. The number of benzene rings is 2. The molecule has 2 amide bonds. The Hall–Kier alpha value is -5.71. The van der Waals surface area contributed by atoms with Crippen LogP contribution in [0.5, 0.6) is 0 Å². The van der Waals surface area contributed by atoms with Crippen LogP contribution in [0.25, 0.3) is 0 Å². The van der Waals surface area contributed by atoms with Gasteiger partial charge in [0.15, 0.2) is 5.78 Å². The predicted octanol–water partition coefficient (Wildman–Crippen LogP) is 2.93. The molecule has 0 saturated carbocycles. The van der Waals surface area contributed by atoms with Gasteiger partial charge in [-0.3, -0.25) is 19.8 Å². The molecule has 0 unspecified atom stereocenters. The van der Waals surface area contributed by atoms with Gasteiger partial charge in [-0.15, -0.1) is 5.26 Å². The number of hydrogen-bond acceptors (Lipinski definition) is 12. The van der Waals surface area contributed by atoms with E-state index in [1.165, 1.54) is 59.3 Å². The first-order valence-corrected chi connectivity index (χ1v) is 11.2. The van der Waals surface area contributed by atoms with E-state index < -0.39 is 17.8 Å². The molecular weight excluding hydrogens is 524 g/mol. The van der Waals surface area contributed by atoms with E-state index in [4.69, 9.17) is 15.5 Å². The molecule has 2 aromatic rings. The third-order valence-corrected chi connectivity index (χ3v) is 4.37. The number of ketones is 1. The van der Waals surface area contributed by atoms with Crippen LogP contribution in [-0.2, 0) is 28.7 Å². The zero-order chi connectivity index (χ0) is 30.7. The Labute approximate surface area is 229 Å². The molecule has 2 rings (SSSR count). The monoisotopic (exact) mass is 552 g/mol. The summed E-state index contributed by atoms with van der Waals surface area (Å²) in [5, 5.41) is 24.1. The molecule has 2 aromatic carbocycles. The van der Waals surface area contributed by atoms with Gasteiger partial charge in [0.05, 0.1) is 29.6 Å². The number of carbonyl (C=O) groups is 6. The molecule has 0 bridgehead atoms. The molecule has 0 saturated heterocycles. The van der Waals surface area contributed by atoms with Gasteiger partial charge in [-0.2, -0.15) is 5.10 Å². The maximum Gasteiger partial charge on any atom is 0.353 e. The fourth-order valence-corrected chi connectivity index (χ4v) is 2.29. The summed E-state index contributed by atoms with van der Waals surface area (Å²) in [6.45, 7) is 5.72. The number of aldehydes is 1. The Balaban J connectivity index is 0.00000147. The van der Waals surface area contributed by atoms with E-state index in [2.05, 4.69) is 30.6 Å². The van der Waals surface area contributed by atoms with Gasteiger partial charge in [0, 0.05) is 18.3 Å². The van der Waals surface area contributed by atoms with Gasteiger partial charge in [0.25, 0.3) is 12.2 Å². The molecule has 14 heteroatoms. The molecule has 14 nitrogen and oxygen atoms in total. The molecule has 0 aromatic heterocycles. The predicted molar refractivity (Wildman–Crippen MR) is 146 cm³/mol. The Morgan fingerprint density at radius 3 is 2.00 bits per heavy atom. The first-order chi connectivity index (χ1) is 18.9. The molecular formula is C26H28N6O8. The number of hydrogen-bond donors (Lipinski definition) is 4. The summed E-state index contributed by atoms with van der Waals surface area (Å²) < 4.78 is 8.95. The third-order valence-electron chi connectivity index (χ3n) is 4.37. The second kappa shape index (κ2) is 18.5. The lowest BCUT2D eigenvalue weighted by atomic mass is 10.1. The number of esters is 2. The Morgan fingerprint density at radius 2 is 1.52 bits per heavy atom. The smallest absolute Gasteiger partial charge is 0.353 e. The molecule has 0 aliphatic heterocycles. The van der Waals surface area contributed by atoms with Crippen molar-refractivity contribution in [1.29, 1.82) is 10.7 Å². The number of nitrogens with zero attached hydrogens (tertiary/aromatic N) is 2. The number of anilines is 3. The highest BCUT2D eigenvalue weighted by Crippen LogP contribution is 2.20. The minimum absolute atomic E-state index is 0.0101. The maximum absolute atomic E-state index is 12.3. The standard InChI is InChI=1S/C20H17N5O6.C4H7NO.C2H4O/c1-12(18(27)23-15-6-4-14(5-7-15)22-11-26)24-25-17-9-13(19(28)31-10-21)3-8-16(17)20(29)30-2;1-3(5)4(2)6;1-2-3/h3-9,11,25H,1-2H3,(H,22,26)(H,23,27);5H,1-2H3;2H,1H3/b24-12-;;. The number of methoxy groups -OCH3 is 1. The molecule has 0 aliphatic carbocycles. The van der Waals surface area contributed by atoms with Crippen LogP contribution < -0.4 is 16.1 Å². The molecule has 40 heavy (non-hydrogen) atoms. The van der Waals surface area contributed by atoms with Gasteiger partial charge >= 0.3 is 11.9 Å². The maximum atomic E-state index is 12.3. The van der Waals surface area contributed by atoms with E-state index in [1.807, 2.05) is 0 Å². The number of Topliss-reactive ketones (excluding diaryl/α,β-unsaturated/α-hetero) is 1. The number of hydrazone groups is 1. The summed E-state index contributed by atoms with van der Waals surface area (Å²) in [4.78, 5) is 65.2. The second-order valence-corrected chi connectivity index (χ2v) is 7.25. The Kier molecular flexibility index (Phi) is 15.9. The van der Waals surface area contributed by atoms with E-state index in [0.717, 1.165) is 6.29 Å². The first-order valence-electron chi connectivity index (χ1n) is 11.2. The number of rotatable bonds is 9. The summed E-state index contributed by atoms with van der Waals surface area (Å²) in [7, 11) is 1.18. The number of nitriles is 1. The van der Waals surface area contributed by atoms with Gasteiger partial charge in [-0.05, 0) is 63.2 Å². The lowest BCUT2D eigenvalue weighted by Gasteiger charge is -2.10. The van der Waals surface area contributed by atoms with E-state index in [0.29, 0.717) is 17.8 Å². The molecule has 0 spiro atoms. The van der Waals surface area contributed by atoms with Crippen molar-refractivity contribution < 1.29 is 38.2 Å². The van der Waals surface area contributed by atoms with Crippen LogP contribution in [0.2, 0.25) is 0 Å².